The predicted octanol–water partition coefficient (Wildman–Crippen LogP) is 3.10. The fourth-order valence-electron chi connectivity index (χ4n) is 2.24. The summed E-state index contributed by atoms with van der Waals surface area (Å²) in [4.78, 5) is 0. The molecule has 0 heterocycles. The van der Waals surface area contributed by atoms with Crippen molar-refractivity contribution >= 4 is 15.9 Å². The quantitative estimate of drug-likeness (QED) is 0.815. The molecule has 1 N–H and O–H groups in total. The number of ether oxygens (including phenoxy) is 1. The van der Waals surface area contributed by atoms with E-state index in [1.807, 2.05) is 0 Å². The van der Waals surface area contributed by atoms with Gasteiger partial charge in [-0.3, -0.25) is 0 Å². The fourth-order valence-corrected chi connectivity index (χ4v) is 2.49. The summed E-state index contributed by atoms with van der Waals surface area (Å²) < 4.78 is 6.22. The third-order valence-electron chi connectivity index (χ3n) is 3.42. The predicted molar refractivity (Wildman–Crippen MR) is 74.5 cm³/mol. The number of hydrogen-bond acceptors (Lipinski definition) is 2. The van der Waals surface area contributed by atoms with Crippen molar-refractivity contribution in [1.82, 2.24) is 5.32 Å². The smallest absolute Gasteiger partial charge is 0.0587 e. The molecule has 1 aromatic carbocycles. The minimum atomic E-state index is 0.761. The molecule has 1 aromatic rings. The largest absolute Gasteiger partial charge is 0.383 e. The molecule has 1 fully saturated rings. The first-order chi connectivity index (χ1) is 8.22. The lowest BCUT2D eigenvalue weighted by atomic mass is 10.1. The molecule has 2 rings (SSSR count). The highest BCUT2D eigenvalue weighted by atomic mass is 79.9. The fraction of sp³-hybridized carbons (Fsp3) is 0.571. The van der Waals surface area contributed by atoms with Crippen molar-refractivity contribution in [3.63, 3.8) is 0 Å². The molecule has 1 saturated carbocycles. The minimum absolute atomic E-state index is 0.761. The van der Waals surface area contributed by atoms with Gasteiger partial charge in [-0.25, -0.2) is 0 Å². The van der Waals surface area contributed by atoms with Gasteiger partial charge < -0.3 is 10.1 Å². The van der Waals surface area contributed by atoms with Gasteiger partial charge in [0.2, 0.25) is 0 Å². The Bertz CT molecular complexity index is 380. The number of nitrogens with one attached hydrogen (secondary N) is 1. The highest BCUT2D eigenvalue weighted by Gasteiger charge is 2.37. The van der Waals surface area contributed by atoms with Crippen molar-refractivity contribution in [3.8, 4) is 0 Å². The highest BCUT2D eigenvalue weighted by Crippen LogP contribution is 2.47. The van der Waals surface area contributed by atoms with Gasteiger partial charge in [0.15, 0.2) is 0 Å². The summed E-state index contributed by atoms with van der Waals surface area (Å²) in [6.45, 7) is 5.03. The molecule has 2 nitrogen and oxygen atoms in total. The van der Waals surface area contributed by atoms with Crippen molar-refractivity contribution < 1.29 is 4.74 Å². The van der Waals surface area contributed by atoms with Crippen LogP contribution < -0.4 is 5.32 Å². The Morgan fingerprint density at radius 2 is 2.29 bits per heavy atom. The van der Waals surface area contributed by atoms with E-state index in [0.29, 0.717) is 0 Å². The number of benzene rings is 1. The molecule has 0 saturated heterocycles. The first kappa shape index (κ1) is 13.1. The molecule has 0 amide bonds. The summed E-state index contributed by atoms with van der Waals surface area (Å²) in [5.74, 6) is 1.57. The Hall–Kier alpha value is -0.380. The van der Waals surface area contributed by atoms with Crippen LogP contribution in [0.2, 0.25) is 0 Å². The molecule has 94 valence electrons. The van der Waals surface area contributed by atoms with E-state index in [0.717, 1.165) is 31.5 Å². The zero-order valence-corrected chi connectivity index (χ0v) is 12.1. The van der Waals surface area contributed by atoms with Crippen LogP contribution in [0.3, 0.4) is 0 Å². The van der Waals surface area contributed by atoms with Crippen molar-refractivity contribution in [2.24, 2.45) is 5.92 Å². The zero-order valence-electron chi connectivity index (χ0n) is 10.5. The number of halogens is 1. The lowest BCUT2D eigenvalue weighted by molar-refractivity contribution is 0.199. The van der Waals surface area contributed by atoms with Crippen molar-refractivity contribution in [3.05, 3.63) is 33.8 Å². The molecule has 0 aliphatic heterocycles. The molecule has 0 radical (unpaired) electrons. The van der Waals surface area contributed by atoms with Crippen LogP contribution in [0.5, 0.6) is 0 Å². The summed E-state index contributed by atoms with van der Waals surface area (Å²) in [7, 11) is 1.74. The molecular weight excluding hydrogens is 278 g/mol. The van der Waals surface area contributed by atoms with Crippen LogP contribution >= 0.6 is 15.9 Å². The van der Waals surface area contributed by atoms with E-state index >= 15 is 0 Å². The normalized spacial score (nSPS) is 22.8. The molecular formula is C14H20BrNO. The van der Waals surface area contributed by atoms with E-state index in [9.17, 15) is 0 Å². The van der Waals surface area contributed by atoms with Gasteiger partial charge in [0.05, 0.1) is 6.61 Å². The van der Waals surface area contributed by atoms with Crippen LogP contribution in [-0.2, 0) is 4.74 Å². The van der Waals surface area contributed by atoms with Gasteiger partial charge in [0.25, 0.3) is 0 Å². The second-order valence-corrected chi connectivity index (χ2v) is 5.66. The van der Waals surface area contributed by atoms with Crippen molar-refractivity contribution in [2.75, 3.05) is 26.8 Å². The van der Waals surface area contributed by atoms with E-state index in [1.54, 1.807) is 7.11 Å². The highest BCUT2D eigenvalue weighted by molar-refractivity contribution is 9.10. The Balaban J connectivity index is 1.79. The molecule has 1 aliphatic rings. The summed E-state index contributed by atoms with van der Waals surface area (Å²) in [5.41, 5.74) is 2.82. The molecule has 0 spiro atoms. The second-order valence-electron chi connectivity index (χ2n) is 4.81. The third kappa shape index (κ3) is 3.54. The van der Waals surface area contributed by atoms with E-state index in [2.05, 4.69) is 46.4 Å². The topological polar surface area (TPSA) is 21.3 Å². The standard InChI is InChI=1S/C14H20BrNO/c1-10-7-11(3-4-14(10)15)13-8-12(13)9-16-5-6-17-2/h3-4,7,12-13,16H,5-6,8-9H2,1-2H3. The number of hydrogen-bond donors (Lipinski definition) is 1. The Kier molecular flexibility index (Phi) is 4.60. The Morgan fingerprint density at radius 3 is 3.00 bits per heavy atom. The van der Waals surface area contributed by atoms with Gasteiger partial charge in [-0.05, 0) is 48.9 Å². The third-order valence-corrected chi connectivity index (χ3v) is 4.31. The molecule has 0 aromatic heterocycles. The van der Waals surface area contributed by atoms with Gasteiger partial charge in [0, 0.05) is 18.1 Å². The van der Waals surface area contributed by atoms with Crippen LogP contribution in [-0.4, -0.2) is 26.8 Å². The van der Waals surface area contributed by atoms with Crippen LogP contribution in [0.25, 0.3) is 0 Å². The molecule has 2 unspecified atom stereocenters. The second kappa shape index (κ2) is 5.98. The van der Waals surface area contributed by atoms with Gasteiger partial charge in [0.1, 0.15) is 0 Å². The Labute approximate surface area is 112 Å². The van der Waals surface area contributed by atoms with E-state index in [4.69, 9.17) is 4.74 Å². The zero-order chi connectivity index (χ0) is 12.3. The number of aryl methyl sites for hydroxylation is 1. The summed E-state index contributed by atoms with van der Waals surface area (Å²) in [6.07, 6.45) is 1.32. The maximum absolute atomic E-state index is 5.02. The van der Waals surface area contributed by atoms with Gasteiger partial charge in [-0.2, -0.15) is 0 Å². The summed E-state index contributed by atoms with van der Waals surface area (Å²) in [5, 5.41) is 3.44. The first-order valence-corrected chi connectivity index (χ1v) is 6.97. The van der Waals surface area contributed by atoms with Gasteiger partial charge >= 0.3 is 0 Å². The molecule has 0 bridgehead atoms. The van der Waals surface area contributed by atoms with Crippen molar-refractivity contribution in [1.29, 1.82) is 0 Å². The monoisotopic (exact) mass is 297 g/mol. The maximum atomic E-state index is 5.02. The van der Waals surface area contributed by atoms with Crippen LogP contribution in [0.15, 0.2) is 22.7 Å². The van der Waals surface area contributed by atoms with E-state index < -0.39 is 0 Å². The molecule has 2 atom stereocenters. The minimum Gasteiger partial charge on any atom is -0.383 e. The van der Waals surface area contributed by atoms with Gasteiger partial charge in [-0.1, -0.05) is 28.1 Å². The van der Waals surface area contributed by atoms with Crippen molar-refractivity contribution in [2.45, 2.75) is 19.3 Å². The molecule has 17 heavy (non-hydrogen) atoms. The summed E-state index contributed by atoms with van der Waals surface area (Å²) in [6, 6.07) is 6.72. The lowest BCUT2D eigenvalue weighted by Gasteiger charge is -2.05. The van der Waals surface area contributed by atoms with E-state index in [1.165, 1.54) is 22.0 Å². The van der Waals surface area contributed by atoms with Crippen LogP contribution in [0.1, 0.15) is 23.5 Å². The van der Waals surface area contributed by atoms with E-state index in [-0.39, 0.29) is 0 Å². The maximum Gasteiger partial charge on any atom is 0.0587 e. The Morgan fingerprint density at radius 1 is 1.47 bits per heavy atom. The molecule has 1 aliphatic carbocycles. The summed E-state index contributed by atoms with van der Waals surface area (Å²) >= 11 is 3.55. The van der Waals surface area contributed by atoms with Gasteiger partial charge in [-0.15, -0.1) is 0 Å². The number of methoxy groups -OCH3 is 1. The number of rotatable bonds is 6. The first-order valence-electron chi connectivity index (χ1n) is 6.18. The molecule has 3 heteroatoms. The van der Waals surface area contributed by atoms with Crippen LogP contribution in [0.4, 0.5) is 0 Å². The average Bonchev–Trinajstić information content (AvgIpc) is 3.08. The SMILES string of the molecule is COCCNCC1CC1c1ccc(Br)c(C)c1. The lowest BCUT2D eigenvalue weighted by Crippen LogP contribution is -2.21. The average molecular weight is 298 g/mol. The van der Waals surface area contributed by atoms with Crippen LogP contribution in [0, 0.1) is 12.8 Å².